The van der Waals surface area contributed by atoms with Crippen molar-refractivity contribution in [1.82, 2.24) is 0 Å². The Morgan fingerprint density at radius 2 is 1.23 bits per heavy atom. The van der Waals surface area contributed by atoms with Crippen molar-refractivity contribution >= 4 is 21.5 Å². The molecule has 0 unspecified atom stereocenters. The van der Waals surface area contributed by atoms with Crippen molar-refractivity contribution in [1.29, 1.82) is 0 Å². The zero-order chi connectivity index (χ0) is 18.5. The molecule has 31 heavy (non-hydrogen) atoms. The predicted octanol–water partition coefficient (Wildman–Crippen LogP) is 1.47. The van der Waals surface area contributed by atoms with E-state index >= 15 is 0 Å². The van der Waals surface area contributed by atoms with Gasteiger partial charge in [0.15, 0.2) is 0 Å². The molecule has 4 bridgehead atoms. The van der Waals surface area contributed by atoms with Crippen LogP contribution in [0.25, 0.3) is 21.5 Å². The molecule has 3 aromatic carbocycles. The monoisotopic (exact) mass is 524 g/mol. The van der Waals surface area contributed by atoms with Crippen LogP contribution in [-0.4, -0.2) is 0 Å². The van der Waals surface area contributed by atoms with Crippen LogP contribution < -0.4 is 24.8 Å². The first-order valence-electron chi connectivity index (χ1n) is 11.1. The molecule has 3 heteroatoms. The van der Waals surface area contributed by atoms with E-state index in [9.17, 15) is 0 Å². The van der Waals surface area contributed by atoms with E-state index in [0.717, 1.165) is 36.0 Å². The fraction of sp³-hybridized carbons (Fsp3) is 0.393. The summed E-state index contributed by atoms with van der Waals surface area (Å²) in [5.41, 5.74) is 1.66. The SMILES string of the molecule is [C-]1=CC(C2C3CC4CC(C3)CC2C4)=CC1.[Cl-].[Cl-].[Zr+4].c1ccc2c(c1)[cH-]c1ccccc12. The number of benzene rings is 2. The number of hydrogen-bond donors (Lipinski definition) is 0. The molecule has 0 heterocycles. The number of rotatable bonds is 1. The van der Waals surface area contributed by atoms with Crippen LogP contribution in [-0.2, 0) is 26.2 Å². The third-order valence-corrected chi connectivity index (χ3v) is 7.86. The van der Waals surface area contributed by atoms with Crippen LogP contribution in [0, 0.1) is 35.7 Å². The largest absolute Gasteiger partial charge is 4.00 e. The Balaban J connectivity index is 0.000000162. The molecule has 0 aliphatic heterocycles. The minimum absolute atomic E-state index is 0. The van der Waals surface area contributed by atoms with Gasteiger partial charge in [-0.1, -0.05) is 42.3 Å². The molecule has 0 atom stereocenters. The maximum Gasteiger partial charge on any atom is 4.00 e. The van der Waals surface area contributed by atoms with Gasteiger partial charge in [0.25, 0.3) is 0 Å². The molecule has 0 N–H and O–H groups in total. The fourth-order valence-electron chi connectivity index (χ4n) is 7.02. The van der Waals surface area contributed by atoms with Crippen LogP contribution in [0.2, 0.25) is 0 Å². The first kappa shape index (κ1) is 24.9. The van der Waals surface area contributed by atoms with Gasteiger partial charge in [-0.25, -0.2) is 6.08 Å². The topological polar surface area (TPSA) is 0 Å². The van der Waals surface area contributed by atoms with Crippen LogP contribution in [0.1, 0.15) is 38.5 Å². The van der Waals surface area contributed by atoms with Gasteiger partial charge in [0.1, 0.15) is 0 Å². The predicted molar refractivity (Wildman–Crippen MR) is 118 cm³/mol. The zero-order valence-electron chi connectivity index (χ0n) is 17.7. The molecule has 0 amide bonds. The van der Waals surface area contributed by atoms with Gasteiger partial charge in [-0.3, -0.25) is 6.08 Å². The number of halogens is 2. The summed E-state index contributed by atoms with van der Waals surface area (Å²) >= 11 is 0. The van der Waals surface area contributed by atoms with Gasteiger partial charge < -0.3 is 24.8 Å². The summed E-state index contributed by atoms with van der Waals surface area (Å²) in [5, 5.41) is 5.39. The molecular weight excluding hydrogens is 498 g/mol. The summed E-state index contributed by atoms with van der Waals surface area (Å²) in [7, 11) is 0. The van der Waals surface area contributed by atoms with Crippen molar-refractivity contribution < 1.29 is 51.0 Å². The Kier molecular flexibility index (Phi) is 8.40. The van der Waals surface area contributed by atoms with Crippen molar-refractivity contribution in [2.24, 2.45) is 29.6 Å². The minimum Gasteiger partial charge on any atom is -1.00 e. The number of hydrogen-bond acceptors (Lipinski definition) is 0. The molecule has 5 aliphatic carbocycles. The quantitative estimate of drug-likeness (QED) is 0.422. The minimum atomic E-state index is 0. The van der Waals surface area contributed by atoms with Crippen LogP contribution in [0.15, 0.2) is 72.3 Å². The molecule has 0 nitrogen and oxygen atoms in total. The van der Waals surface area contributed by atoms with E-state index in [2.05, 4.69) is 72.8 Å². The Morgan fingerprint density at radius 1 is 0.710 bits per heavy atom. The van der Waals surface area contributed by atoms with E-state index in [1.165, 1.54) is 21.5 Å². The molecule has 4 fully saturated rings. The van der Waals surface area contributed by atoms with E-state index in [4.69, 9.17) is 0 Å². The normalized spacial score (nSPS) is 29.4. The van der Waals surface area contributed by atoms with Crippen molar-refractivity contribution in [3.05, 3.63) is 78.4 Å². The maximum atomic E-state index is 3.36. The van der Waals surface area contributed by atoms with Crippen LogP contribution >= 0.6 is 0 Å². The molecule has 0 spiro atoms. The van der Waals surface area contributed by atoms with Crippen molar-refractivity contribution in [2.75, 3.05) is 0 Å². The average molecular weight is 527 g/mol. The number of fused-ring (bicyclic) bond motifs is 3. The molecule has 0 saturated heterocycles. The van der Waals surface area contributed by atoms with Gasteiger partial charge in [-0.2, -0.15) is 11.6 Å². The zero-order valence-corrected chi connectivity index (χ0v) is 21.7. The van der Waals surface area contributed by atoms with Gasteiger partial charge in [0.05, 0.1) is 0 Å². The summed E-state index contributed by atoms with van der Waals surface area (Å²) < 4.78 is 0. The fourth-order valence-corrected chi connectivity index (χ4v) is 7.02. The first-order valence-corrected chi connectivity index (χ1v) is 11.1. The molecule has 158 valence electrons. The second-order valence-corrected chi connectivity index (χ2v) is 9.53. The third kappa shape index (κ3) is 4.66. The summed E-state index contributed by atoms with van der Waals surface area (Å²) in [4.78, 5) is 0. The van der Waals surface area contributed by atoms with Gasteiger partial charge in [0.2, 0.25) is 0 Å². The van der Waals surface area contributed by atoms with E-state index in [1.54, 1.807) is 37.7 Å². The molecule has 4 saturated carbocycles. The Morgan fingerprint density at radius 3 is 1.71 bits per heavy atom. The van der Waals surface area contributed by atoms with Crippen LogP contribution in [0.5, 0.6) is 0 Å². The smallest absolute Gasteiger partial charge is 1.00 e. The standard InChI is InChI=1S/C15H19.C13H9.2ClH.Zr/c1-2-4-12(3-1)15-13-6-10-5-11(8-13)9-14(15)7-10;1-3-7-12-10(5-1)9-11-6-2-4-8-13(11)12;;;/h3-4,10-11,13-15H,1,5-9H2;1-9H;2*1H;/q2*-1;;;+4/p-2. The Bertz CT molecular complexity index is 999. The van der Waals surface area contributed by atoms with Crippen LogP contribution in [0.4, 0.5) is 0 Å². The maximum absolute atomic E-state index is 3.36. The molecule has 5 aliphatic rings. The Labute approximate surface area is 217 Å². The second kappa shape index (κ2) is 10.5. The summed E-state index contributed by atoms with van der Waals surface area (Å²) in [6, 6.07) is 19.3. The Hall–Kier alpha value is -0.747. The van der Waals surface area contributed by atoms with Gasteiger partial charge in [-0.05, 0) is 55.8 Å². The van der Waals surface area contributed by atoms with Crippen molar-refractivity contribution in [3.63, 3.8) is 0 Å². The second-order valence-electron chi connectivity index (χ2n) is 9.53. The molecule has 0 aromatic heterocycles. The van der Waals surface area contributed by atoms with E-state index in [-0.39, 0.29) is 51.0 Å². The molecule has 8 rings (SSSR count). The van der Waals surface area contributed by atoms with E-state index < -0.39 is 0 Å². The average Bonchev–Trinajstić information content (AvgIpc) is 3.35. The third-order valence-electron chi connectivity index (χ3n) is 7.86. The van der Waals surface area contributed by atoms with Crippen molar-refractivity contribution in [3.8, 4) is 0 Å². The van der Waals surface area contributed by atoms with E-state index in [1.807, 2.05) is 0 Å². The molecule has 0 radical (unpaired) electrons. The van der Waals surface area contributed by atoms with Gasteiger partial charge in [-0.15, -0.1) is 46.2 Å². The first-order chi connectivity index (χ1) is 13.8. The summed E-state index contributed by atoms with van der Waals surface area (Å²) in [5.74, 6) is 5.25. The van der Waals surface area contributed by atoms with Gasteiger partial charge >= 0.3 is 26.2 Å². The molecular formula is C28H28Cl2Zr. The molecule has 3 aromatic rings. The summed E-state index contributed by atoms with van der Waals surface area (Å²) in [6.45, 7) is 0. The summed E-state index contributed by atoms with van der Waals surface area (Å²) in [6.07, 6.45) is 16.9. The van der Waals surface area contributed by atoms with Crippen LogP contribution in [0.3, 0.4) is 0 Å². The number of allylic oxidation sites excluding steroid dienone is 4. The van der Waals surface area contributed by atoms with Crippen molar-refractivity contribution in [2.45, 2.75) is 38.5 Å². The van der Waals surface area contributed by atoms with E-state index in [0.29, 0.717) is 0 Å². The van der Waals surface area contributed by atoms with Gasteiger partial charge in [0, 0.05) is 0 Å².